The van der Waals surface area contributed by atoms with Crippen LogP contribution in [-0.2, 0) is 11.2 Å². The number of aromatic amines is 1. The number of benzene rings is 2. The Balaban J connectivity index is 1.29. The Labute approximate surface area is 151 Å². The third kappa shape index (κ3) is 5.05. The van der Waals surface area contributed by atoms with E-state index in [2.05, 4.69) is 15.3 Å². The molecule has 1 amide bonds. The molecule has 3 aromatic rings. The summed E-state index contributed by atoms with van der Waals surface area (Å²) >= 11 is 0. The summed E-state index contributed by atoms with van der Waals surface area (Å²) in [6.07, 6.45) is 2.51. The molecule has 0 aliphatic heterocycles. The molecule has 0 saturated heterocycles. The number of fused-ring (bicyclic) bond motifs is 1. The number of carbonyl (C=O) groups is 1. The van der Waals surface area contributed by atoms with Crippen LogP contribution in [0.15, 0.2) is 48.5 Å². The number of nitrogens with zero attached hydrogens (tertiary/aromatic N) is 1. The van der Waals surface area contributed by atoms with Crippen molar-refractivity contribution in [3.63, 3.8) is 0 Å². The normalized spacial score (nSPS) is 10.8. The number of hydrogen-bond donors (Lipinski definition) is 2. The fourth-order valence-corrected chi connectivity index (χ4v) is 2.67. The summed E-state index contributed by atoms with van der Waals surface area (Å²) in [4.78, 5) is 19.6. The van der Waals surface area contributed by atoms with E-state index in [0.29, 0.717) is 26.0 Å². The highest BCUT2D eigenvalue weighted by Gasteiger charge is 2.05. The second kappa shape index (κ2) is 8.99. The Bertz CT molecular complexity index is 830. The Kier molecular flexibility index (Phi) is 6.19. The Morgan fingerprint density at radius 2 is 1.92 bits per heavy atom. The second-order valence-corrected chi connectivity index (χ2v) is 6.04. The van der Waals surface area contributed by atoms with E-state index in [1.165, 1.54) is 6.07 Å². The number of H-pyrrole nitrogens is 1. The molecule has 1 aromatic heterocycles. The maximum Gasteiger partial charge on any atom is 0.220 e. The average Bonchev–Trinajstić information content (AvgIpc) is 3.06. The molecule has 0 aliphatic carbocycles. The molecule has 1 heterocycles. The summed E-state index contributed by atoms with van der Waals surface area (Å²) in [5, 5.41) is 2.89. The zero-order valence-electron chi connectivity index (χ0n) is 14.5. The standard InChI is InChI=1S/C20H22FN3O2/c21-15-7-1-4-10-18(15)26-14-6-12-20(25)22-13-5-11-19-23-16-8-2-3-9-17(16)24-19/h1-4,7-10H,5-6,11-14H2,(H,22,25)(H,23,24). The summed E-state index contributed by atoms with van der Waals surface area (Å²) in [6.45, 7) is 0.914. The molecule has 3 rings (SSSR count). The van der Waals surface area contributed by atoms with Crippen molar-refractivity contribution in [3.8, 4) is 5.75 Å². The summed E-state index contributed by atoms with van der Waals surface area (Å²) in [5.41, 5.74) is 1.99. The number of para-hydroxylation sites is 3. The van der Waals surface area contributed by atoms with Crippen molar-refractivity contribution in [1.82, 2.24) is 15.3 Å². The van der Waals surface area contributed by atoms with Crippen molar-refractivity contribution < 1.29 is 13.9 Å². The number of aryl methyl sites for hydroxylation is 1. The van der Waals surface area contributed by atoms with Gasteiger partial charge in [0, 0.05) is 19.4 Å². The molecule has 0 bridgehead atoms. The lowest BCUT2D eigenvalue weighted by atomic mass is 10.2. The van der Waals surface area contributed by atoms with Crippen LogP contribution in [0.5, 0.6) is 5.75 Å². The van der Waals surface area contributed by atoms with Gasteiger partial charge in [-0.2, -0.15) is 0 Å². The van der Waals surface area contributed by atoms with Gasteiger partial charge < -0.3 is 15.0 Å². The third-order valence-corrected chi connectivity index (χ3v) is 3.99. The van der Waals surface area contributed by atoms with Crippen LogP contribution >= 0.6 is 0 Å². The van der Waals surface area contributed by atoms with Gasteiger partial charge in [-0.05, 0) is 37.1 Å². The SMILES string of the molecule is O=C(CCCOc1ccccc1F)NCCCc1nc2ccccc2[nH]1. The van der Waals surface area contributed by atoms with Crippen LogP contribution in [0.2, 0.25) is 0 Å². The maximum atomic E-state index is 13.4. The largest absolute Gasteiger partial charge is 0.491 e. The molecule has 0 radical (unpaired) electrons. The van der Waals surface area contributed by atoms with Crippen LogP contribution in [-0.4, -0.2) is 29.0 Å². The van der Waals surface area contributed by atoms with E-state index in [1.54, 1.807) is 18.2 Å². The highest BCUT2D eigenvalue weighted by molar-refractivity contribution is 5.76. The molecule has 136 valence electrons. The first-order valence-electron chi connectivity index (χ1n) is 8.80. The van der Waals surface area contributed by atoms with Gasteiger partial charge in [0.2, 0.25) is 5.91 Å². The number of nitrogens with one attached hydrogen (secondary N) is 2. The number of carbonyl (C=O) groups excluding carboxylic acids is 1. The van der Waals surface area contributed by atoms with E-state index < -0.39 is 0 Å². The van der Waals surface area contributed by atoms with E-state index in [-0.39, 0.29) is 17.5 Å². The number of rotatable bonds is 9. The van der Waals surface area contributed by atoms with Gasteiger partial charge in [0.15, 0.2) is 11.6 Å². The van der Waals surface area contributed by atoms with Crippen molar-refractivity contribution in [1.29, 1.82) is 0 Å². The molecule has 0 atom stereocenters. The number of halogens is 1. The lowest BCUT2D eigenvalue weighted by molar-refractivity contribution is -0.121. The molecular formula is C20H22FN3O2. The predicted octanol–water partition coefficient (Wildman–Crippen LogP) is 3.61. The quantitative estimate of drug-likeness (QED) is 0.576. The Morgan fingerprint density at radius 3 is 2.77 bits per heavy atom. The van der Waals surface area contributed by atoms with Crippen LogP contribution in [0.3, 0.4) is 0 Å². The van der Waals surface area contributed by atoms with Gasteiger partial charge in [0.1, 0.15) is 5.82 Å². The minimum atomic E-state index is -0.387. The highest BCUT2D eigenvalue weighted by atomic mass is 19.1. The minimum absolute atomic E-state index is 0.0215. The minimum Gasteiger partial charge on any atom is -0.491 e. The molecule has 0 fully saturated rings. The smallest absolute Gasteiger partial charge is 0.220 e. The monoisotopic (exact) mass is 355 g/mol. The van der Waals surface area contributed by atoms with E-state index >= 15 is 0 Å². The molecule has 2 N–H and O–H groups in total. The van der Waals surface area contributed by atoms with Gasteiger partial charge in [0.05, 0.1) is 17.6 Å². The van der Waals surface area contributed by atoms with E-state index in [4.69, 9.17) is 4.74 Å². The molecule has 0 aliphatic rings. The van der Waals surface area contributed by atoms with Crippen molar-refractivity contribution >= 4 is 16.9 Å². The molecular weight excluding hydrogens is 333 g/mol. The Hall–Kier alpha value is -2.89. The van der Waals surface area contributed by atoms with Crippen LogP contribution in [0.25, 0.3) is 11.0 Å². The average molecular weight is 355 g/mol. The number of aromatic nitrogens is 2. The third-order valence-electron chi connectivity index (χ3n) is 3.99. The van der Waals surface area contributed by atoms with Crippen molar-refractivity contribution in [2.45, 2.75) is 25.7 Å². The van der Waals surface area contributed by atoms with Gasteiger partial charge in [0.25, 0.3) is 0 Å². The zero-order chi connectivity index (χ0) is 18.2. The van der Waals surface area contributed by atoms with Crippen LogP contribution in [0, 0.1) is 5.82 Å². The van der Waals surface area contributed by atoms with Crippen LogP contribution < -0.4 is 10.1 Å². The van der Waals surface area contributed by atoms with Gasteiger partial charge in [-0.15, -0.1) is 0 Å². The summed E-state index contributed by atoms with van der Waals surface area (Å²) < 4.78 is 18.7. The van der Waals surface area contributed by atoms with Crippen molar-refractivity contribution in [3.05, 3.63) is 60.2 Å². The molecule has 0 saturated carbocycles. The molecule has 2 aromatic carbocycles. The second-order valence-electron chi connectivity index (χ2n) is 6.04. The van der Waals surface area contributed by atoms with Crippen LogP contribution in [0.1, 0.15) is 25.1 Å². The van der Waals surface area contributed by atoms with Gasteiger partial charge in [-0.25, -0.2) is 9.37 Å². The molecule has 0 spiro atoms. The topological polar surface area (TPSA) is 67.0 Å². The summed E-state index contributed by atoms with van der Waals surface area (Å²) in [7, 11) is 0. The fraction of sp³-hybridized carbons (Fsp3) is 0.300. The van der Waals surface area contributed by atoms with Crippen molar-refractivity contribution in [2.24, 2.45) is 0 Å². The van der Waals surface area contributed by atoms with Crippen molar-refractivity contribution in [2.75, 3.05) is 13.2 Å². The van der Waals surface area contributed by atoms with Crippen LogP contribution in [0.4, 0.5) is 4.39 Å². The maximum absolute atomic E-state index is 13.4. The fourth-order valence-electron chi connectivity index (χ4n) is 2.67. The summed E-state index contributed by atoms with van der Waals surface area (Å²) in [5.74, 6) is 0.742. The first-order chi connectivity index (χ1) is 12.7. The van der Waals surface area contributed by atoms with Gasteiger partial charge in [-0.3, -0.25) is 4.79 Å². The number of ether oxygens (including phenoxy) is 1. The zero-order valence-corrected chi connectivity index (χ0v) is 14.5. The van der Waals surface area contributed by atoms with E-state index in [0.717, 1.165) is 29.7 Å². The molecule has 6 heteroatoms. The number of hydrogen-bond acceptors (Lipinski definition) is 3. The Morgan fingerprint density at radius 1 is 1.12 bits per heavy atom. The lowest BCUT2D eigenvalue weighted by Gasteiger charge is -2.07. The van der Waals surface area contributed by atoms with E-state index in [1.807, 2.05) is 24.3 Å². The predicted molar refractivity (Wildman–Crippen MR) is 98.6 cm³/mol. The first kappa shape index (κ1) is 17.9. The first-order valence-corrected chi connectivity index (χ1v) is 8.80. The highest BCUT2D eigenvalue weighted by Crippen LogP contribution is 2.15. The van der Waals surface area contributed by atoms with Gasteiger partial charge >= 0.3 is 0 Å². The number of imidazole rings is 1. The molecule has 0 unspecified atom stereocenters. The molecule has 5 nitrogen and oxygen atoms in total. The summed E-state index contributed by atoms with van der Waals surface area (Å²) in [6, 6.07) is 14.2. The lowest BCUT2D eigenvalue weighted by Crippen LogP contribution is -2.25. The van der Waals surface area contributed by atoms with E-state index in [9.17, 15) is 9.18 Å². The van der Waals surface area contributed by atoms with Gasteiger partial charge in [-0.1, -0.05) is 24.3 Å². The number of amides is 1. The molecule has 26 heavy (non-hydrogen) atoms.